The quantitative estimate of drug-likeness (QED) is 0.817. The van der Waals surface area contributed by atoms with Crippen molar-refractivity contribution in [3.8, 4) is 5.75 Å². The van der Waals surface area contributed by atoms with Crippen molar-refractivity contribution in [3.05, 3.63) is 59.2 Å². The molecule has 0 spiro atoms. The first kappa shape index (κ1) is 20.9. The van der Waals surface area contributed by atoms with Gasteiger partial charge < -0.3 is 15.0 Å². The number of nitrogens with zero attached hydrogens (tertiary/aromatic N) is 2. The first-order valence-corrected chi connectivity index (χ1v) is 9.95. The molecule has 3 rings (SSSR count). The van der Waals surface area contributed by atoms with Gasteiger partial charge in [0.15, 0.2) is 0 Å². The van der Waals surface area contributed by atoms with Crippen molar-refractivity contribution in [1.82, 2.24) is 9.80 Å². The van der Waals surface area contributed by atoms with Crippen LogP contribution in [0.3, 0.4) is 0 Å². The van der Waals surface area contributed by atoms with Crippen LogP contribution in [0.1, 0.15) is 16.7 Å². The molecular weight excluding hydrogens is 366 g/mol. The molecule has 1 saturated heterocycles. The minimum atomic E-state index is -0.0187. The van der Waals surface area contributed by atoms with Gasteiger partial charge >= 0.3 is 0 Å². The molecule has 0 atom stereocenters. The molecule has 6 heteroatoms. The monoisotopic (exact) mass is 395 g/mol. The van der Waals surface area contributed by atoms with E-state index in [0.717, 1.165) is 28.1 Å². The van der Waals surface area contributed by atoms with Crippen LogP contribution < -0.4 is 10.1 Å². The third-order valence-electron chi connectivity index (χ3n) is 5.46. The van der Waals surface area contributed by atoms with Crippen LogP contribution in [0.4, 0.5) is 5.69 Å². The van der Waals surface area contributed by atoms with Crippen LogP contribution in [0.5, 0.6) is 5.75 Å². The molecule has 1 N–H and O–H groups in total. The molecular formula is C23H29N3O3. The fourth-order valence-electron chi connectivity index (χ4n) is 3.50. The second-order valence-corrected chi connectivity index (χ2v) is 7.48. The highest BCUT2D eigenvalue weighted by atomic mass is 16.5. The average molecular weight is 396 g/mol. The lowest BCUT2D eigenvalue weighted by molar-refractivity contribution is -0.132. The van der Waals surface area contributed by atoms with E-state index in [1.165, 1.54) is 0 Å². The minimum absolute atomic E-state index is 0.0187. The molecule has 0 aliphatic carbocycles. The van der Waals surface area contributed by atoms with Gasteiger partial charge in [0.05, 0.1) is 20.1 Å². The van der Waals surface area contributed by atoms with E-state index in [-0.39, 0.29) is 11.8 Å². The Bertz CT molecular complexity index is 873. The number of ether oxygens (including phenoxy) is 1. The van der Waals surface area contributed by atoms with E-state index < -0.39 is 0 Å². The molecule has 0 unspecified atom stereocenters. The molecule has 1 fully saturated rings. The van der Waals surface area contributed by atoms with Crippen LogP contribution in [0.25, 0.3) is 0 Å². The third kappa shape index (κ3) is 5.57. The predicted molar refractivity (Wildman–Crippen MR) is 114 cm³/mol. The Hall–Kier alpha value is -2.86. The third-order valence-corrected chi connectivity index (χ3v) is 5.46. The molecule has 0 radical (unpaired) electrons. The molecule has 0 bridgehead atoms. The van der Waals surface area contributed by atoms with Crippen molar-refractivity contribution >= 4 is 17.5 Å². The first-order chi connectivity index (χ1) is 14.0. The van der Waals surface area contributed by atoms with Crippen LogP contribution in [0, 0.1) is 13.8 Å². The Morgan fingerprint density at radius 1 is 1.03 bits per heavy atom. The first-order valence-electron chi connectivity index (χ1n) is 9.95. The van der Waals surface area contributed by atoms with Crippen LogP contribution in [-0.2, 0) is 16.0 Å². The second kappa shape index (κ2) is 9.56. The van der Waals surface area contributed by atoms with E-state index >= 15 is 0 Å². The number of carbonyl (C=O) groups excluding carboxylic acids is 2. The van der Waals surface area contributed by atoms with Crippen molar-refractivity contribution in [2.24, 2.45) is 0 Å². The second-order valence-electron chi connectivity index (χ2n) is 7.48. The maximum atomic E-state index is 12.6. The number of anilines is 1. The molecule has 29 heavy (non-hydrogen) atoms. The van der Waals surface area contributed by atoms with Crippen molar-refractivity contribution in [2.75, 3.05) is 45.2 Å². The summed E-state index contributed by atoms with van der Waals surface area (Å²) in [5.41, 5.74) is 4.06. The number of rotatable bonds is 6. The van der Waals surface area contributed by atoms with Crippen LogP contribution in [-0.4, -0.2) is 61.4 Å². The van der Waals surface area contributed by atoms with Crippen molar-refractivity contribution in [3.63, 3.8) is 0 Å². The van der Waals surface area contributed by atoms with E-state index in [4.69, 9.17) is 4.74 Å². The molecule has 1 heterocycles. The van der Waals surface area contributed by atoms with Gasteiger partial charge in [0, 0.05) is 31.9 Å². The summed E-state index contributed by atoms with van der Waals surface area (Å²) in [6, 6.07) is 13.5. The summed E-state index contributed by atoms with van der Waals surface area (Å²) in [6.07, 6.45) is 0.365. The zero-order valence-corrected chi connectivity index (χ0v) is 17.4. The number of amides is 2. The van der Waals surface area contributed by atoms with Gasteiger partial charge in [0.25, 0.3) is 0 Å². The van der Waals surface area contributed by atoms with Gasteiger partial charge in [-0.3, -0.25) is 14.5 Å². The highest BCUT2D eigenvalue weighted by molar-refractivity contribution is 5.93. The largest absolute Gasteiger partial charge is 0.497 e. The lowest BCUT2D eigenvalue weighted by atomic mass is 10.1. The number of nitrogens with one attached hydrogen (secondary N) is 1. The van der Waals surface area contributed by atoms with E-state index in [2.05, 4.69) is 10.2 Å². The lowest BCUT2D eigenvalue weighted by Gasteiger charge is -2.34. The molecule has 0 aromatic heterocycles. The highest BCUT2D eigenvalue weighted by Crippen LogP contribution is 2.18. The Morgan fingerprint density at radius 3 is 2.48 bits per heavy atom. The van der Waals surface area contributed by atoms with Crippen molar-refractivity contribution in [2.45, 2.75) is 20.3 Å². The average Bonchev–Trinajstić information content (AvgIpc) is 2.72. The van der Waals surface area contributed by atoms with E-state index in [1.807, 2.05) is 61.2 Å². The molecule has 0 saturated carbocycles. The fourth-order valence-corrected chi connectivity index (χ4v) is 3.50. The summed E-state index contributed by atoms with van der Waals surface area (Å²) >= 11 is 0. The number of hydrogen-bond acceptors (Lipinski definition) is 4. The van der Waals surface area contributed by atoms with Gasteiger partial charge in [-0.1, -0.05) is 24.3 Å². The zero-order valence-electron chi connectivity index (χ0n) is 17.4. The van der Waals surface area contributed by atoms with Gasteiger partial charge in [-0.15, -0.1) is 0 Å². The molecule has 2 amide bonds. The fraction of sp³-hybridized carbons (Fsp3) is 0.391. The van der Waals surface area contributed by atoms with Crippen LogP contribution in [0.2, 0.25) is 0 Å². The molecule has 1 aliphatic rings. The summed E-state index contributed by atoms with van der Waals surface area (Å²) in [5.74, 6) is 0.850. The number of carbonyl (C=O) groups is 2. The molecule has 2 aromatic carbocycles. The normalized spacial score (nSPS) is 14.5. The van der Waals surface area contributed by atoms with Gasteiger partial charge in [-0.05, 0) is 48.7 Å². The van der Waals surface area contributed by atoms with Gasteiger partial charge in [0.2, 0.25) is 11.8 Å². The van der Waals surface area contributed by atoms with E-state index in [0.29, 0.717) is 39.1 Å². The maximum absolute atomic E-state index is 12.6. The number of aryl methyl sites for hydroxylation is 1. The summed E-state index contributed by atoms with van der Waals surface area (Å²) in [6.45, 7) is 7.06. The van der Waals surface area contributed by atoms with E-state index in [9.17, 15) is 9.59 Å². The number of benzene rings is 2. The molecule has 6 nitrogen and oxygen atoms in total. The smallest absolute Gasteiger partial charge is 0.238 e. The van der Waals surface area contributed by atoms with Gasteiger partial charge in [0.1, 0.15) is 5.75 Å². The molecule has 154 valence electrons. The number of hydrogen-bond donors (Lipinski definition) is 1. The Kier molecular flexibility index (Phi) is 6.88. The van der Waals surface area contributed by atoms with Gasteiger partial charge in [-0.2, -0.15) is 0 Å². The Morgan fingerprint density at radius 2 is 1.76 bits per heavy atom. The Balaban J connectivity index is 1.46. The number of methoxy groups -OCH3 is 1. The summed E-state index contributed by atoms with van der Waals surface area (Å²) in [7, 11) is 1.62. The Labute approximate surface area is 172 Å². The SMILES string of the molecule is COc1cccc(CC(=O)N2CCN(CC(=O)Nc3cccc(C)c3C)CC2)c1. The molecule has 1 aliphatic heterocycles. The number of piperazine rings is 1. The van der Waals surface area contributed by atoms with Crippen molar-refractivity contribution < 1.29 is 14.3 Å². The predicted octanol–water partition coefficient (Wildman–Crippen LogP) is 2.64. The lowest BCUT2D eigenvalue weighted by Crippen LogP contribution is -2.50. The van der Waals surface area contributed by atoms with Crippen LogP contribution in [0.15, 0.2) is 42.5 Å². The minimum Gasteiger partial charge on any atom is -0.497 e. The summed E-state index contributed by atoms with van der Waals surface area (Å²) in [5, 5.41) is 3.00. The summed E-state index contributed by atoms with van der Waals surface area (Å²) in [4.78, 5) is 29.0. The highest BCUT2D eigenvalue weighted by Gasteiger charge is 2.22. The zero-order chi connectivity index (χ0) is 20.8. The summed E-state index contributed by atoms with van der Waals surface area (Å²) < 4.78 is 5.22. The van der Waals surface area contributed by atoms with Crippen molar-refractivity contribution in [1.29, 1.82) is 0 Å². The standard InChI is InChI=1S/C23H29N3O3/c1-17-6-4-9-21(18(17)2)24-22(27)16-25-10-12-26(13-11-25)23(28)15-19-7-5-8-20(14-19)29-3/h4-9,14H,10-13,15-16H2,1-3H3,(H,24,27). The van der Waals surface area contributed by atoms with Gasteiger partial charge in [-0.25, -0.2) is 0 Å². The topological polar surface area (TPSA) is 61.9 Å². The molecule has 2 aromatic rings. The van der Waals surface area contributed by atoms with Crippen LogP contribution >= 0.6 is 0 Å². The van der Waals surface area contributed by atoms with E-state index in [1.54, 1.807) is 7.11 Å². The maximum Gasteiger partial charge on any atom is 0.238 e.